The van der Waals surface area contributed by atoms with Gasteiger partial charge < -0.3 is 15.7 Å². The van der Waals surface area contributed by atoms with Gasteiger partial charge >= 0.3 is 12.0 Å². The normalized spacial score (nSPS) is 31.7. The Balaban J connectivity index is 1.92. The minimum atomic E-state index is -0.795. The van der Waals surface area contributed by atoms with Gasteiger partial charge in [-0.15, -0.1) is 0 Å². The van der Waals surface area contributed by atoms with Gasteiger partial charge in [-0.25, -0.2) is 4.79 Å². The highest BCUT2D eigenvalue weighted by Crippen LogP contribution is 2.48. The molecule has 2 aliphatic rings. The van der Waals surface area contributed by atoms with E-state index in [0.717, 1.165) is 19.3 Å². The molecule has 0 aromatic heterocycles. The third kappa shape index (κ3) is 3.34. The lowest BCUT2D eigenvalue weighted by molar-refractivity contribution is -0.144. The molecule has 2 aliphatic carbocycles. The summed E-state index contributed by atoms with van der Waals surface area (Å²) in [4.78, 5) is 34.7. The van der Waals surface area contributed by atoms with Gasteiger partial charge in [0.05, 0.1) is 12.0 Å². The van der Waals surface area contributed by atoms with Crippen molar-refractivity contribution in [2.24, 2.45) is 17.8 Å². The molecular formula is C14H23N3O4. The second-order valence-electron chi connectivity index (χ2n) is 5.96. The average molecular weight is 297 g/mol. The van der Waals surface area contributed by atoms with E-state index in [-0.39, 0.29) is 12.0 Å². The minimum Gasteiger partial charge on any atom is -0.481 e. The van der Waals surface area contributed by atoms with Crippen LogP contribution in [0, 0.1) is 17.8 Å². The molecule has 118 valence electrons. The Morgan fingerprint density at radius 2 is 1.90 bits per heavy atom. The van der Waals surface area contributed by atoms with Gasteiger partial charge in [-0.1, -0.05) is 0 Å². The highest BCUT2D eigenvalue weighted by atomic mass is 16.4. The van der Waals surface area contributed by atoms with Crippen LogP contribution in [0.1, 0.15) is 33.1 Å². The van der Waals surface area contributed by atoms with Gasteiger partial charge in [0, 0.05) is 12.6 Å². The lowest BCUT2D eigenvalue weighted by atomic mass is 9.84. The number of hydrogen-bond donors (Lipinski definition) is 4. The Labute approximate surface area is 123 Å². The fourth-order valence-electron chi connectivity index (χ4n) is 3.68. The molecule has 0 spiro atoms. The van der Waals surface area contributed by atoms with Crippen molar-refractivity contribution in [1.82, 2.24) is 16.0 Å². The van der Waals surface area contributed by atoms with Crippen LogP contribution in [0.5, 0.6) is 0 Å². The highest BCUT2D eigenvalue weighted by Gasteiger charge is 2.51. The van der Waals surface area contributed by atoms with Crippen molar-refractivity contribution in [3.8, 4) is 0 Å². The van der Waals surface area contributed by atoms with E-state index in [9.17, 15) is 19.5 Å². The molecule has 4 N–H and O–H groups in total. The van der Waals surface area contributed by atoms with Crippen LogP contribution in [0.3, 0.4) is 0 Å². The number of aliphatic carboxylic acids is 1. The van der Waals surface area contributed by atoms with E-state index in [1.54, 1.807) is 13.8 Å². The van der Waals surface area contributed by atoms with Crippen molar-refractivity contribution < 1.29 is 19.5 Å². The van der Waals surface area contributed by atoms with Gasteiger partial charge in [0.2, 0.25) is 5.91 Å². The van der Waals surface area contributed by atoms with Crippen molar-refractivity contribution in [3.63, 3.8) is 0 Å². The molecule has 5 unspecified atom stereocenters. The van der Waals surface area contributed by atoms with Gasteiger partial charge in [-0.05, 0) is 44.9 Å². The number of carbonyl (C=O) groups is 3. The average Bonchev–Trinajstić information content (AvgIpc) is 2.99. The van der Waals surface area contributed by atoms with Crippen molar-refractivity contribution in [2.45, 2.75) is 45.2 Å². The summed E-state index contributed by atoms with van der Waals surface area (Å²) >= 11 is 0. The summed E-state index contributed by atoms with van der Waals surface area (Å²) in [7, 11) is 0. The first-order valence-electron chi connectivity index (χ1n) is 7.51. The Bertz CT molecular complexity index is 440. The van der Waals surface area contributed by atoms with Crippen molar-refractivity contribution in [2.75, 3.05) is 6.54 Å². The first kappa shape index (κ1) is 15.8. The van der Waals surface area contributed by atoms with Gasteiger partial charge in [0.15, 0.2) is 0 Å². The molecule has 7 heteroatoms. The maximum absolute atomic E-state index is 11.9. The number of urea groups is 1. The van der Waals surface area contributed by atoms with Gasteiger partial charge in [-0.2, -0.15) is 0 Å². The molecular weight excluding hydrogens is 274 g/mol. The zero-order valence-corrected chi connectivity index (χ0v) is 12.4. The van der Waals surface area contributed by atoms with E-state index in [4.69, 9.17) is 0 Å². The second kappa shape index (κ2) is 6.43. The smallest absolute Gasteiger partial charge is 0.321 e. The van der Waals surface area contributed by atoms with Crippen LogP contribution in [0.2, 0.25) is 0 Å². The standard InChI is InChI=1S/C14H23N3O4/c1-3-15-14(21)17-12(18)7(2)16-11-9-5-4-8(6-9)10(11)13(19)20/h7-11,16H,3-6H2,1-2H3,(H,19,20)(H2,15,17,18,21). The number of hydrogen-bond acceptors (Lipinski definition) is 4. The summed E-state index contributed by atoms with van der Waals surface area (Å²) < 4.78 is 0. The molecule has 5 atom stereocenters. The molecule has 7 nitrogen and oxygen atoms in total. The van der Waals surface area contributed by atoms with Crippen LogP contribution in [-0.2, 0) is 9.59 Å². The quantitative estimate of drug-likeness (QED) is 0.584. The largest absolute Gasteiger partial charge is 0.481 e. The monoisotopic (exact) mass is 297 g/mol. The molecule has 0 radical (unpaired) electrons. The van der Waals surface area contributed by atoms with E-state index in [0.29, 0.717) is 12.5 Å². The van der Waals surface area contributed by atoms with Gasteiger partial charge in [0.25, 0.3) is 0 Å². The Hall–Kier alpha value is -1.63. The van der Waals surface area contributed by atoms with E-state index in [2.05, 4.69) is 16.0 Å². The molecule has 2 rings (SSSR count). The number of rotatable bonds is 5. The summed E-state index contributed by atoms with van der Waals surface area (Å²) in [5.41, 5.74) is 0. The number of amides is 3. The highest BCUT2D eigenvalue weighted by molar-refractivity contribution is 5.96. The fourth-order valence-corrected chi connectivity index (χ4v) is 3.68. The second-order valence-corrected chi connectivity index (χ2v) is 5.96. The number of carboxylic acids is 1. The number of fused-ring (bicyclic) bond motifs is 2. The minimum absolute atomic E-state index is 0.184. The van der Waals surface area contributed by atoms with E-state index in [1.165, 1.54) is 0 Å². The topological polar surface area (TPSA) is 108 Å². The molecule has 0 aromatic rings. The number of imide groups is 1. The van der Waals surface area contributed by atoms with E-state index >= 15 is 0 Å². The molecule has 2 bridgehead atoms. The van der Waals surface area contributed by atoms with Gasteiger partial charge in [0.1, 0.15) is 0 Å². The summed E-state index contributed by atoms with van der Waals surface area (Å²) in [6, 6.07) is -1.31. The Kier molecular flexibility index (Phi) is 4.82. The summed E-state index contributed by atoms with van der Waals surface area (Å²) in [5.74, 6) is -1.13. The molecule has 3 amide bonds. The van der Waals surface area contributed by atoms with Crippen LogP contribution in [0.4, 0.5) is 4.79 Å². The lowest BCUT2D eigenvalue weighted by Gasteiger charge is -2.31. The molecule has 2 saturated carbocycles. The Morgan fingerprint density at radius 1 is 1.24 bits per heavy atom. The molecule has 0 heterocycles. The summed E-state index contributed by atoms with van der Waals surface area (Å²) in [6.45, 7) is 3.85. The van der Waals surface area contributed by atoms with Crippen LogP contribution in [0.15, 0.2) is 0 Å². The number of nitrogens with one attached hydrogen (secondary N) is 3. The first-order valence-corrected chi connectivity index (χ1v) is 7.51. The van der Waals surface area contributed by atoms with Crippen LogP contribution < -0.4 is 16.0 Å². The maximum Gasteiger partial charge on any atom is 0.321 e. The van der Waals surface area contributed by atoms with Crippen molar-refractivity contribution in [1.29, 1.82) is 0 Å². The molecule has 0 aromatic carbocycles. The lowest BCUT2D eigenvalue weighted by Crippen LogP contribution is -2.54. The number of carboxylic acid groups (broad SMARTS) is 1. The summed E-state index contributed by atoms with van der Waals surface area (Å²) in [5, 5.41) is 17.2. The number of carbonyl (C=O) groups excluding carboxylic acids is 2. The van der Waals surface area contributed by atoms with Crippen LogP contribution in [-0.4, -0.2) is 41.6 Å². The fraction of sp³-hybridized carbons (Fsp3) is 0.786. The Morgan fingerprint density at radius 3 is 2.52 bits per heavy atom. The zero-order chi connectivity index (χ0) is 15.6. The predicted octanol–water partition coefficient (Wildman–Crippen LogP) is 0.310. The SMILES string of the molecule is CCNC(=O)NC(=O)C(C)NC1C2CCC(C2)C1C(=O)O. The predicted molar refractivity (Wildman–Crippen MR) is 75.6 cm³/mol. The molecule has 2 fully saturated rings. The first-order chi connectivity index (χ1) is 9.93. The van der Waals surface area contributed by atoms with Crippen molar-refractivity contribution in [3.05, 3.63) is 0 Å². The zero-order valence-electron chi connectivity index (χ0n) is 12.4. The van der Waals surface area contributed by atoms with Gasteiger partial charge in [-0.3, -0.25) is 14.9 Å². The van der Waals surface area contributed by atoms with Crippen LogP contribution in [0.25, 0.3) is 0 Å². The van der Waals surface area contributed by atoms with Crippen LogP contribution >= 0.6 is 0 Å². The maximum atomic E-state index is 11.9. The van der Waals surface area contributed by atoms with E-state index < -0.39 is 29.9 Å². The van der Waals surface area contributed by atoms with Crippen molar-refractivity contribution >= 4 is 17.9 Å². The molecule has 0 saturated heterocycles. The molecule has 0 aliphatic heterocycles. The molecule has 21 heavy (non-hydrogen) atoms. The summed E-state index contributed by atoms with van der Waals surface area (Å²) in [6.07, 6.45) is 2.88. The third-order valence-corrected chi connectivity index (χ3v) is 4.61. The van der Waals surface area contributed by atoms with E-state index in [1.807, 2.05) is 0 Å². The third-order valence-electron chi connectivity index (χ3n) is 4.61.